The first-order valence-corrected chi connectivity index (χ1v) is 29.4. The standard InChI is InChI=1S/C35H56N8O11P2S2Si2/c1-21(2)59(46,22(3)4)54-60(23(5)6,24(7)8)53-32-26-15-28(43-34-31(41-42-43)35(44)40-20-39-34)33(32)52-56(58,47-13-9-11-36)49-17-25-14-27(50-30-10-12-37-19-38-30)16-29(25)51-55(45,57)48-18-26/h10,12,19-29,32-33,46H,9,13-18H2,1-8H3,(H,45,57)(H,39,40,44)/t25-,26?,27-,28-,29+,32-,33+,55?,56-/m1/s1. The van der Waals surface area contributed by atoms with Gasteiger partial charge in [-0.05, 0) is 58.6 Å². The average molecular weight is 947 g/mol. The number of aromatic amines is 1. The molecule has 2 bridgehead atoms. The van der Waals surface area contributed by atoms with E-state index in [0.29, 0.717) is 18.7 Å². The van der Waals surface area contributed by atoms with E-state index >= 15 is 0 Å². The molecule has 0 spiro atoms. The van der Waals surface area contributed by atoms with Crippen LogP contribution in [0, 0.1) is 23.2 Å². The summed E-state index contributed by atoms with van der Waals surface area (Å²) in [5.41, 5.74) is -0.991. The SMILES string of the molecule is CC(C)[Si](O)(O[Si](O[C@@H]1C2COP(O)(=S)O[C@H]3C[C@H](Oc4ccncn4)C[C@@H]3CO[P@](=S)(OCCC#N)O[C@H]1[C@H](n1nnc3c(=O)[nH]cnc31)C2)(C(C)C)C(C)C)C(C)C. The fourth-order valence-electron chi connectivity index (χ4n) is 8.32. The molecule has 2 aliphatic carbocycles. The first-order valence-electron chi connectivity index (χ1n) is 20.2. The van der Waals surface area contributed by atoms with E-state index in [0.717, 1.165) is 0 Å². The number of nitriles is 1. The molecule has 19 nitrogen and oxygen atoms in total. The first-order chi connectivity index (χ1) is 28.3. The Bertz CT molecular complexity index is 2120. The Hall–Kier alpha value is -1.98. The van der Waals surface area contributed by atoms with Crippen molar-refractivity contribution in [1.29, 1.82) is 5.26 Å². The molecule has 3 N–H and O–H groups in total. The maximum Gasteiger partial charge on any atom is 0.335 e. The van der Waals surface area contributed by atoms with Crippen LogP contribution in [0.1, 0.15) is 87.1 Å². The number of nitrogens with zero attached hydrogens (tertiary/aromatic N) is 7. The Labute approximate surface area is 362 Å². The molecule has 3 fully saturated rings. The summed E-state index contributed by atoms with van der Waals surface area (Å²) in [6.45, 7) is 7.92. The van der Waals surface area contributed by atoms with Gasteiger partial charge in [-0.2, -0.15) is 5.26 Å². The molecule has 0 aromatic carbocycles. The molecule has 3 aromatic heterocycles. The van der Waals surface area contributed by atoms with Crippen LogP contribution in [0.4, 0.5) is 0 Å². The van der Waals surface area contributed by atoms with E-state index in [1.54, 1.807) is 12.3 Å². The second-order valence-electron chi connectivity index (χ2n) is 16.8. The summed E-state index contributed by atoms with van der Waals surface area (Å²) < 4.78 is 54.6. The molecule has 0 radical (unpaired) electrons. The van der Waals surface area contributed by atoms with Crippen LogP contribution in [0.15, 0.2) is 29.7 Å². The van der Waals surface area contributed by atoms with Gasteiger partial charge in [-0.25, -0.2) is 19.6 Å². The molecule has 2 unspecified atom stereocenters. The Kier molecular flexibility index (Phi) is 15.4. The van der Waals surface area contributed by atoms with E-state index in [2.05, 4.69) is 36.3 Å². The fraction of sp³-hybridized carbons (Fsp3) is 0.743. The number of fused-ring (bicyclic) bond motifs is 4. The van der Waals surface area contributed by atoms with Gasteiger partial charge in [-0.3, -0.25) is 4.79 Å². The quantitative estimate of drug-likeness (QED) is 0.0978. The highest BCUT2D eigenvalue weighted by Crippen LogP contribution is 2.59. The largest absolute Gasteiger partial charge is 0.474 e. The van der Waals surface area contributed by atoms with Crippen molar-refractivity contribution in [2.75, 3.05) is 19.8 Å². The second kappa shape index (κ2) is 19.4. The molecule has 2 saturated carbocycles. The highest BCUT2D eigenvalue weighted by Gasteiger charge is 2.60. The first kappa shape index (κ1) is 47.5. The zero-order valence-corrected chi connectivity index (χ0v) is 40.4. The lowest BCUT2D eigenvalue weighted by Crippen LogP contribution is -2.62. The predicted molar refractivity (Wildman–Crippen MR) is 231 cm³/mol. The minimum atomic E-state index is -3.95. The molecule has 6 rings (SSSR count). The molecular weight excluding hydrogens is 891 g/mol. The molecule has 332 valence electrons. The Morgan fingerprint density at radius 1 is 1.02 bits per heavy atom. The average Bonchev–Trinajstić information content (AvgIpc) is 3.88. The summed E-state index contributed by atoms with van der Waals surface area (Å²) in [5.74, 6) is -0.643. The highest BCUT2D eigenvalue weighted by molar-refractivity contribution is 8.07. The molecule has 9 atom stereocenters. The van der Waals surface area contributed by atoms with Crippen LogP contribution >= 0.6 is 13.4 Å². The summed E-state index contributed by atoms with van der Waals surface area (Å²) in [4.78, 5) is 52.1. The van der Waals surface area contributed by atoms with Crippen LogP contribution in [-0.4, -0.2) is 106 Å². The number of rotatable bonds is 14. The van der Waals surface area contributed by atoms with Gasteiger partial charge in [0.05, 0.1) is 56.9 Å². The van der Waals surface area contributed by atoms with Crippen LogP contribution in [0.25, 0.3) is 11.2 Å². The van der Waals surface area contributed by atoms with E-state index in [9.17, 15) is 19.7 Å². The van der Waals surface area contributed by atoms with Crippen molar-refractivity contribution in [3.05, 3.63) is 35.3 Å². The van der Waals surface area contributed by atoms with Gasteiger partial charge in [0, 0.05) is 30.5 Å². The topological polar surface area (TPSA) is 240 Å². The van der Waals surface area contributed by atoms with Gasteiger partial charge in [0.25, 0.3) is 5.56 Å². The molecule has 25 heteroatoms. The zero-order chi connectivity index (χ0) is 43.6. The number of H-pyrrole nitrogens is 1. The van der Waals surface area contributed by atoms with E-state index < -0.39 is 78.4 Å². The van der Waals surface area contributed by atoms with Crippen molar-refractivity contribution in [3.8, 4) is 11.9 Å². The number of nitrogens with one attached hydrogen (secondary N) is 1. The lowest BCUT2D eigenvalue weighted by atomic mass is 10.1. The van der Waals surface area contributed by atoms with Crippen molar-refractivity contribution in [2.24, 2.45) is 11.8 Å². The monoisotopic (exact) mass is 946 g/mol. The number of hydrogen-bond acceptors (Lipinski definition) is 18. The third-order valence-electron chi connectivity index (χ3n) is 11.5. The van der Waals surface area contributed by atoms with Gasteiger partial charge in [0.15, 0.2) is 11.2 Å². The van der Waals surface area contributed by atoms with Crippen LogP contribution < -0.4 is 10.3 Å². The van der Waals surface area contributed by atoms with Gasteiger partial charge in [-0.1, -0.05) is 60.6 Å². The number of aromatic nitrogens is 7. The summed E-state index contributed by atoms with van der Waals surface area (Å²) >= 11 is 11.9. The van der Waals surface area contributed by atoms with Crippen molar-refractivity contribution in [2.45, 2.75) is 134 Å². The van der Waals surface area contributed by atoms with Gasteiger partial charge >= 0.3 is 30.6 Å². The van der Waals surface area contributed by atoms with Crippen LogP contribution in [0.2, 0.25) is 22.2 Å². The van der Waals surface area contributed by atoms with Gasteiger partial charge in [0.1, 0.15) is 18.5 Å². The molecule has 1 saturated heterocycles. The van der Waals surface area contributed by atoms with Crippen molar-refractivity contribution >= 4 is 65.3 Å². The Morgan fingerprint density at radius 2 is 1.73 bits per heavy atom. The normalized spacial score (nSPS) is 30.6. The number of hydrogen-bond donors (Lipinski definition) is 3. The van der Waals surface area contributed by atoms with Gasteiger partial charge < -0.3 is 50.6 Å². The second-order valence-corrected chi connectivity index (χ2v) is 31.1. The third-order valence-corrected chi connectivity index (χ3v) is 25.2. The minimum Gasteiger partial charge on any atom is -0.474 e. The van der Waals surface area contributed by atoms with Crippen LogP contribution in [-0.2, 0) is 54.8 Å². The van der Waals surface area contributed by atoms with Crippen LogP contribution in [0.5, 0.6) is 5.88 Å². The van der Waals surface area contributed by atoms with E-state index in [1.807, 2.05) is 55.4 Å². The predicted octanol–water partition coefficient (Wildman–Crippen LogP) is 5.83. The number of ether oxygens (including phenoxy) is 1. The Morgan fingerprint density at radius 3 is 2.38 bits per heavy atom. The summed E-state index contributed by atoms with van der Waals surface area (Å²) in [5, 5.41) is 18.1. The summed E-state index contributed by atoms with van der Waals surface area (Å²) in [6.07, 6.45) is 2.19. The lowest BCUT2D eigenvalue weighted by Gasteiger charge is -2.48. The summed E-state index contributed by atoms with van der Waals surface area (Å²) in [7, 11) is -6.97. The lowest BCUT2D eigenvalue weighted by molar-refractivity contribution is -0.0104. The molecule has 3 aromatic rings. The van der Waals surface area contributed by atoms with Crippen molar-refractivity contribution < 1.29 is 45.6 Å². The maximum absolute atomic E-state index is 12.9. The molecule has 1 aliphatic heterocycles. The zero-order valence-electron chi connectivity index (χ0n) is 35.0. The van der Waals surface area contributed by atoms with Gasteiger partial charge in [-0.15, -0.1) is 5.10 Å². The smallest absolute Gasteiger partial charge is 0.335 e. The van der Waals surface area contributed by atoms with Gasteiger partial charge in [0.2, 0.25) is 5.88 Å². The molecule has 0 amide bonds. The minimum absolute atomic E-state index is 0.00562. The van der Waals surface area contributed by atoms with E-state index in [-0.39, 0.29) is 66.0 Å². The van der Waals surface area contributed by atoms with E-state index in [1.165, 1.54) is 17.3 Å². The third kappa shape index (κ3) is 10.3. The highest BCUT2D eigenvalue weighted by atomic mass is 32.5. The Balaban J connectivity index is 1.47. The molecular formula is C35H56N8O11P2S2Si2. The maximum atomic E-state index is 12.9. The molecule has 60 heavy (non-hydrogen) atoms. The van der Waals surface area contributed by atoms with Crippen molar-refractivity contribution in [3.63, 3.8) is 0 Å². The summed E-state index contributed by atoms with van der Waals surface area (Å²) in [6, 6.07) is 2.97. The van der Waals surface area contributed by atoms with Crippen molar-refractivity contribution in [1.82, 2.24) is 34.9 Å². The molecule has 3 aliphatic rings. The molecule has 4 heterocycles. The van der Waals surface area contributed by atoms with Crippen LogP contribution in [0.3, 0.4) is 0 Å². The van der Waals surface area contributed by atoms with E-state index in [4.69, 9.17) is 59.5 Å². The fourth-order valence-corrected chi connectivity index (χ4v) is 22.0.